The van der Waals surface area contributed by atoms with Crippen molar-refractivity contribution in [2.75, 3.05) is 26.8 Å². The number of amides is 1. The molecule has 0 radical (unpaired) electrons. The number of rotatable bonds is 3. The van der Waals surface area contributed by atoms with E-state index in [1.54, 1.807) is 12.0 Å². The van der Waals surface area contributed by atoms with Crippen LogP contribution in [0.15, 0.2) is 24.3 Å². The number of hydrogen-bond acceptors (Lipinski definition) is 4. The third kappa shape index (κ3) is 4.87. The average molecular weight is 335 g/mol. The number of benzene rings is 1. The fourth-order valence-electron chi connectivity index (χ4n) is 3.18. The summed E-state index contributed by atoms with van der Waals surface area (Å²) >= 11 is 0. The lowest BCUT2D eigenvalue weighted by Gasteiger charge is -2.26. The van der Waals surface area contributed by atoms with Crippen LogP contribution < -0.4 is 4.74 Å². The number of carbonyl (C=O) groups is 1. The summed E-state index contributed by atoms with van der Waals surface area (Å²) in [6.45, 7) is 7.01. The third-order valence-corrected chi connectivity index (χ3v) is 4.48. The summed E-state index contributed by atoms with van der Waals surface area (Å²) in [6.07, 6.45) is 1.32. The number of methoxy groups -OCH3 is 1. The maximum absolute atomic E-state index is 12.3. The Kier molecular flexibility index (Phi) is 6.10. The molecule has 1 saturated heterocycles. The molecule has 2 atom stereocenters. The third-order valence-electron chi connectivity index (χ3n) is 4.48. The molecule has 1 fully saturated rings. The Bertz CT molecular complexity index is 535. The quantitative estimate of drug-likeness (QED) is 0.919. The van der Waals surface area contributed by atoms with Gasteiger partial charge in [0.25, 0.3) is 0 Å². The Morgan fingerprint density at radius 1 is 1.21 bits per heavy atom. The van der Waals surface area contributed by atoms with Gasteiger partial charge in [0.15, 0.2) is 0 Å². The van der Waals surface area contributed by atoms with E-state index in [4.69, 9.17) is 9.47 Å². The van der Waals surface area contributed by atoms with Gasteiger partial charge in [-0.3, -0.25) is 0 Å². The molecule has 0 spiro atoms. The van der Waals surface area contributed by atoms with E-state index in [0.717, 1.165) is 18.6 Å². The molecular formula is C19H29NO4. The van der Waals surface area contributed by atoms with Crippen molar-refractivity contribution in [3.8, 4) is 5.75 Å². The first-order chi connectivity index (χ1) is 11.3. The minimum absolute atomic E-state index is 0.124. The minimum atomic E-state index is -0.491. The molecule has 1 heterocycles. The van der Waals surface area contributed by atoms with Gasteiger partial charge in [0, 0.05) is 19.7 Å². The van der Waals surface area contributed by atoms with Crippen molar-refractivity contribution >= 4 is 6.09 Å². The van der Waals surface area contributed by atoms with Crippen molar-refractivity contribution in [2.24, 2.45) is 5.92 Å². The van der Waals surface area contributed by atoms with Crippen LogP contribution in [0.2, 0.25) is 0 Å². The highest BCUT2D eigenvalue weighted by Crippen LogP contribution is 2.34. The fourth-order valence-corrected chi connectivity index (χ4v) is 3.18. The molecule has 1 amide bonds. The van der Waals surface area contributed by atoms with Crippen LogP contribution in [0, 0.1) is 5.92 Å². The van der Waals surface area contributed by atoms with Gasteiger partial charge in [-0.25, -0.2) is 4.79 Å². The molecule has 2 rings (SSSR count). The Balaban J connectivity index is 2.09. The van der Waals surface area contributed by atoms with Crippen molar-refractivity contribution < 1.29 is 19.4 Å². The van der Waals surface area contributed by atoms with E-state index in [1.807, 2.05) is 32.9 Å². The van der Waals surface area contributed by atoms with Crippen LogP contribution in [0.1, 0.15) is 45.1 Å². The molecular weight excluding hydrogens is 306 g/mol. The van der Waals surface area contributed by atoms with Gasteiger partial charge in [0.05, 0.1) is 7.11 Å². The molecule has 134 valence electrons. The summed E-state index contributed by atoms with van der Waals surface area (Å²) in [4.78, 5) is 14.1. The normalized spacial score (nSPS) is 22.0. The van der Waals surface area contributed by atoms with Crippen LogP contribution in [0.4, 0.5) is 4.79 Å². The molecule has 1 aromatic rings. The van der Waals surface area contributed by atoms with E-state index >= 15 is 0 Å². The van der Waals surface area contributed by atoms with Gasteiger partial charge in [0.1, 0.15) is 11.4 Å². The highest BCUT2D eigenvalue weighted by Gasteiger charge is 2.30. The molecule has 24 heavy (non-hydrogen) atoms. The average Bonchev–Trinajstić information content (AvgIpc) is 2.75. The molecule has 1 aromatic carbocycles. The van der Waals surface area contributed by atoms with E-state index in [-0.39, 0.29) is 24.5 Å². The number of ether oxygens (including phenoxy) is 2. The largest absolute Gasteiger partial charge is 0.497 e. The van der Waals surface area contributed by atoms with Crippen LogP contribution in [-0.2, 0) is 4.74 Å². The van der Waals surface area contributed by atoms with E-state index < -0.39 is 5.60 Å². The second-order valence-electron chi connectivity index (χ2n) is 7.37. The zero-order valence-electron chi connectivity index (χ0n) is 15.1. The number of aliphatic hydroxyl groups excluding tert-OH is 1. The molecule has 0 unspecified atom stereocenters. The van der Waals surface area contributed by atoms with E-state index in [0.29, 0.717) is 13.1 Å². The van der Waals surface area contributed by atoms with Gasteiger partial charge >= 0.3 is 6.09 Å². The van der Waals surface area contributed by atoms with Crippen molar-refractivity contribution in [3.05, 3.63) is 29.8 Å². The van der Waals surface area contributed by atoms with Crippen molar-refractivity contribution in [3.63, 3.8) is 0 Å². The Morgan fingerprint density at radius 3 is 2.38 bits per heavy atom. The van der Waals surface area contributed by atoms with Gasteiger partial charge in [-0.1, -0.05) is 12.1 Å². The molecule has 1 aliphatic rings. The van der Waals surface area contributed by atoms with E-state index in [2.05, 4.69) is 12.1 Å². The Morgan fingerprint density at radius 2 is 1.83 bits per heavy atom. The number of nitrogens with zero attached hydrogens (tertiary/aromatic N) is 1. The van der Waals surface area contributed by atoms with E-state index in [9.17, 15) is 9.90 Å². The highest BCUT2D eigenvalue weighted by molar-refractivity contribution is 5.68. The lowest BCUT2D eigenvalue weighted by molar-refractivity contribution is 0.0253. The molecule has 1 aliphatic heterocycles. The topological polar surface area (TPSA) is 59.0 Å². The van der Waals surface area contributed by atoms with Crippen LogP contribution in [0.3, 0.4) is 0 Å². The summed E-state index contributed by atoms with van der Waals surface area (Å²) in [5.74, 6) is 1.20. The van der Waals surface area contributed by atoms with Gasteiger partial charge in [-0.2, -0.15) is 0 Å². The van der Waals surface area contributed by atoms with Crippen LogP contribution in [0.25, 0.3) is 0 Å². The summed E-state index contributed by atoms with van der Waals surface area (Å²) < 4.78 is 10.7. The molecule has 5 nitrogen and oxygen atoms in total. The van der Waals surface area contributed by atoms with E-state index in [1.165, 1.54) is 5.56 Å². The Hall–Kier alpha value is -1.75. The van der Waals surface area contributed by atoms with Crippen LogP contribution >= 0.6 is 0 Å². The fraction of sp³-hybridized carbons (Fsp3) is 0.632. The van der Waals surface area contributed by atoms with Gasteiger partial charge < -0.3 is 19.5 Å². The Labute approximate surface area is 144 Å². The molecule has 0 saturated carbocycles. The van der Waals surface area contributed by atoms with Gasteiger partial charge in [0.2, 0.25) is 0 Å². The summed E-state index contributed by atoms with van der Waals surface area (Å²) in [7, 11) is 1.65. The van der Waals surface area contributed by atoms with Crippen LogP contribution in [0.5, 0.6) is 5.75 Å². The zero-order valence-corrected chi connectivity index (χ0v) is 15.1. The standard InChI is InChI=1S/C19H29NO4/c1-19(2,3)24-18(22)20-11-9-15(13-21)17(10-12-20)14-5-7-16(23-4)8-6-14/h5-8,15,17,21H,9-13H2,1-4H3/t15-,17-/m1/s1. The monoisotopic (exact) mass is 335 g/mol. The number of carbonyl (C=O) groups excluding carboxylic acids is 1. The van der Waals surface area contributed by atoms with Crippen molar-refractivity contribution in [1.29, 1.82) is 0 Å². The van der Waals surface area contributed by atoms with Gasteiger partial charge in [-0.05, 0) is 63.1 Å². The highest BCUT2D eigenvalue weighted by atomic mass is 16.6. The first-order valence-electron chi connectivity index (χ1n) is 8.57. The second-order valence-corrected chi connectivity index (χ2v) is 7.37. The maximum atomic E-state index is 12.3. The molecule has 0 aliphatic carbocycles. The predicted molar refractivity (Wildman–Crippen MR) is 93.4 cm³/mol. The molecule has 0 bridgehead atoms. The predicted octanol–water partition coefficient (Wildman–Crippen LogP) is 3.42. The molecule has 5 heteroatoms. The zero-order chi connectivity index (χ0) is 17.7. The first kappa shape index (κ1) is 18.6. The second kappa shape index (κ2) is 7.88. The minimum Gasteiger partial charge on any atom is -0.497 e. The lowest BCUT2D eigenvalue weighted by atomic mass is 9.83. The first-order valence-corrected chi connectivity index (χ1v) is 8.57. The summed E-state index contributed by atoms with van der Waals surface area (Å²) in [5, 5.41) is 9.80. The number of likely N-dealkylation sites (tertiary alicyclic amines) is 1. The maximum Gasteiger partial charge on any atom is 0.410 e. The SMILES string of the molecule is COc1ccc([C@H]2CCN(C(=O)OC(C)(C)C)CC[C@@H]2CO)cc1. The molecule has 1 N–H and O–H groups in total. The lowest BCUT2D eigenvalue weighted by Crippen LogP contribution is -2.37. The van der Waals surface area contributed by atoms with Crippen LogP contribution in [-0.4, -0.2) is 48.5 Å². The molecule has 0 aromatic heterocycles. The van der Waals surface area contributed by atoms with Crippen molar-refractivity contribution in [1.82, 2.24) is 4.90 Å². The van der Waals surface area contributed by atoms with Crippen molar-refractivity contribution in [2.45, 2.75) is 45.1 Å². The summed E-state index contributed by atoms with van der Waals surface area (Å²) in [5.41, 5.74) is 0.690. The number of aliphatic hydroxyl groups is 1. The smallest absolute Gasteiger partial charge is 0.410 e. The number of hydrogen-bond donors (Lipinski definition) is 1. The summed E-state index contributed by atoms with van der Waals surface area (Å²) in [6, 6.07) is 7.99. The van der Waals surface area contributed by atoms with Gasteiger partial charge in [-0.15, -0.1) is 0 Å².